The Hall–Kier alpha value is -1.63. The van der Waals surface area contributed by atoms with Gasteiger partial charge in [-0.15, -0.1) is 0 Å². The molecule has 0 aliphatic heterocycles. The van der Waals surface area contributed by atoms with Crippen LogP contribution in [-0.2, 0) is 0 Å². The van der Waals surface area contributed by atoms with Crippen LogP contribution in [0, 0.1) is 6.07 Å². The second-order valence-corrected chi connectivity index (χ2v) is 2.59. The Morgan fingerprint density at radius 2 is 2.33 bits per heavy atom. The Morgan fingerprint density at radius 1 is 1.42 bits per heavy atom. The highest BCUT2D eigenvalue weighted by Gasteiger charge is 1.92. The van der Waals surface area contributed by atoms with E-state index in [1.54, 1.807) is 6.20 Å². The highest BCUT2D eigenvalue weighted by Crippen LogP contribution is 2.13. The first-order valence-corrected chi connectivity index (χ1v) is 3.78. The molecular formula is C11H8N. The number of fused-ring (bicyclic) bond motifs is 1. The molecule has 0 saturated heterocycles. The van der Waals surface area contributed by atoms with Gasteiger partial charge in [-0.2, -0.15) is 0 Å². The van der Waals surface area contributed by atoms with Crippen molar-refractivity contribution in [2.75, 3.05) is 0 Å². The molecule has 1 heterocycles. The molecule has 0 amide bonds. The van der Waals surface area contributed by atoms with Crippen LogP contribution in [0.5, 0.6) is 0 Å². The summed E-state index contributed by atoms with van der Waals surface area (Å²) >= 11 is 0. The van der Waals surface area contributed by atoms with Gasteiger partial charge >= 0.3 is 0 Å². The molecule has 2 aromatic rings. The van der Waals surface area contributed by atoms with Crippen LogP contribution in [0.4, 0.5) is 0 Å². The number of hydrogen-bond acceptors (Lipinski definition) is 1. The van der Waals surface area contributed by atoms with E-state index in [0.717, 1.165) is 16.5 Å². The van der Waals surface area contributed by atoms with Crippen LogP contribution in [0.3, 0.4) is 0 Å². The van der Waals surface area contributed by atoms with Crippen molar-refractivity contribution in [2.45, 2.75) is 0 Å². The summed E-state index contributed by atoms with van der Waals surface area (Å²) in [6.45, 7) is 3.71. The maximum atomic E-state index is 4.17. The Kier molecular flexibility index (Phi) is 1.63. The third kappa shape index (κ3) is 1.10. The van der Waals surface area contributed by atoms with Crippen molar-refractivity contribution in [3.05, 3.63) is 48.7 Å². The molecule has 0 unspecified atom stereocenters. The third-order valence-corrected chi connectivity index (χ3v) is 1.80. The van der Waals surface area contributed by atoms with Crippen molar-refractivity contribution in [3.63, 3.8) is 0 Å². The van der Waals surface area contributed by atoms with Gasteiger partial charge in [0.2, 0.25) is 0 Å². The summed E-state index contributed by atoms with van der Waals surface area (Å²) < 4.78 is 0. The Balaban J connectivity index is 2.75. The maximum Gasteiger partial charge on any atom is 0.0702 e. The number of benzene rings is 1. The van der Waals surface area contributed by atoms with E-state index in [9.17, 15) is 0 Å². The van der Waals surface area contributed by atoms with E-state index >= 15 is 0 Å². The van der Waals surface area contributed by atoms with Crippen LogP contribution in [0.25, 0.3) is 17.0 Å². The number of nitrogens with zero attached hydrogens (tertiary/aromatic N) is 1. The zero-order chi connectivity index (χ0) is 8.39. The van der Waals surface area contributed by atoms with Crippen LogP contribution >= 0.6 is 0 Å². The first kappa shape index (κ1) is 7.04. The molecule has 1 nitrogen and oxygen atoms in total. The third-order valence-electron chi connectivity index (χ3n) is 1.80. The average Bonchev–Trinajstić information content (AvgIpc) is 2.17. The molecule has 1 radical (unpaired) electrons. The molecule has 1 heteroatoms. The van der Waals surface area contributed by atoms with Gasteiger partial charge in [-0.25, -0.2) is 0 Å². The highest BCUT2D eigenvalue weighted by atomic mass is 14.6. The van der Waals surface area contributed by atoms with Gasteiger partial charge in [0.25, 0.3) is 0 Å². The van der Waals surface area contributed by atoms with Crippen LogP contribution in [0.2, 0.25) is 0 Å². The molecule has 0 spiro atoms. The fourth-order valence-electron chi connectivity index (χ4n) is 1.17. The van der Waals surface area contributed by atoms with Gasteiger partial charge in [0.05, 0.1) is 5.52 Å². The Labute approximate surface area is 71.4 Å². The van der Waals surface area contributed by atoms with Gasteiger partial charge in [-0.1, -0.05) is 18.7 Å². The van der Waals surface area contributed by atoms with E-state index < -0.39 is 0 Å². The van der Waals surface area contributed by atoms with Gasteiger partial charge in [-0.05, 0) is 23.8 Å². The lowest BCUT2D eigenvalue weighted by atomic mass is 10.1. The zero-order valence-electron chi connectivity index (χ0n) is 6.62. The van der Waals surface area contributed by atoms with Crippen molar-refractivity contribution in [3.8, 4) is 0 Å². The molecule has 0 aliphatic rings. The minimum atomic E-state index is 0.999. The highest BCUT2D eigenvalue weighted by molar-refractivity contribution is 5.80. The fourth-order valence-corrected chi connectivity index (χ4v) is 1.17. The smallest absolute Gasteiger partial charge is 0.0702 e. The van der Waals surface area contributed by atoms with E-state index in [4.69, 9.17) is 0 Å². The van der Waals surface area contributed by atoms with Gasteiger partial charge in [0.1, 0.15) is 0 Å². The zero-order valence-corrected chi connectivity index (χ0v) is 6.62. The van der Waals surface area contributed by atoms with Crippen LogP contribution in [-0.4, -0.2) is 4.98 Å². The summed E-state index contributed by atoms with van der Waals surface area (Å²) in [5, 5.41) is 1.11. The minimum Gasteiger partial charge on any atom is -0.256 e. The average molecular weight is 154 g/mol. The van der Waals surface area contributed by atoms with Crippen LogP contribution < -0.4 is 0 Å². The largest absolute Gasteiger partial charge is 0.256 e. The molecule has 0 atom stereocenters. The number of rotatable bonds is 1. The quantitative estimate of drug-likeness (QED) is 0.615. The minimum absolute atomic E-state index is 0.999. The standard InChI is InChI=1S/C11H8N/c1-2-9-5-6-11-10(8-9)4-3-7-12-11/h2,4-8H,1H2. The summed E-state index contributed by atoms with van der Waals surface area (Å²) in [6.07, 6.45) is 3.50. The van der Waals surface area contributed by atoms with Crippen molar-refractivity contribution in [2.24, 2.45) is 0 Å². The van der Waals surface area contributed by atoms with Gasteiger partial charge < -0.3 is 0 Å². The van der Waals surface area contributed by atoms with Crippen LogP contribution in [0.15, 0.2) is 37.0 Å². The van der Waals surface area contributed by atoms with E-state index in [-0.39, 0.29) is 0 Å². The lowest BCUT2D eigenvalue weighted by Gasteiger charge is -1.96. The summed E-state index contributed by atoms with van der Waals surface area (Å²) in [5.74, 6) is 0. The molecule has 1 aromatic heterocycles. The first-order chi connectivity index (χ1) is 5.90. The van der Waals surface area contributed by atoms with E-state index in [1.165, 1.54) is 0 Å². The molecule has 0 bridgehead atoms. The predicted octanol–water partition coefficient (Wildman–Crippen LogP) is 2.68. The fraction of sp³-hybridized carbons (Fsp3) is 0. The van der Waals surface area contributed by atoms with E-state index in [2.05, 4.69) is 17.6 Å². The number of hydrogen-bond donors (Lipinski definition) is 0. The molecular weight excluding hydrogens is 146 g/mol. The molecule has 1 aromatic carbocycles. The van der Waals surface area contributed by atoms with Crippen molar-refractivity contribution in [1.82, 2.24) is 4.98 Å². The maximum absolute atomic E-state index is 4.17. The molecule has 0 fully saturated rings. The van der Waals surface area contributed by atoms with Crippen molar-refractivity contribution >= 4 is 17.0 Å². The lowest BCUT2D eigenvalue weighted by Crippen LogP contribution is -1.78. The first-order valence-electron chi connectivity index (χ1n) is 3.78. The summed E-state index contributed by atoms with van der Waals surface area (Å²) in [7, 11) is 0. The van der Waals surface area contributed by atoms with E-state index in [0.29, 0.717) is 0 Å². The summed E-state index contributed by atoms with van der Waals surface area (Å²) in [4.78, 5) is 4.17. The molecule has 0 aliphatic carbocycles. The topological polar surface area (TPSA) is 12.9 Å². The molecule has 0 N–H and O–H groups in total. The molecule has 0 saturated carbocycles. The Bertz CT molecular complexity index is 418. The summed E-state index contributed by atoms with van der Waals surface area (Å²) in [5.41, 5.74) is 2.11. The van der Waals surface area contributed by atoms with Gasteiger partial charge in [0.15, 0.2) is 0 Å². The second-order valence-electron chi connectivity index (χ2n) is 2.59. The SMILES string of the molecule is C=Cc1ccc2nc[c]cc2c1. The van der Waals surface area contributed by atoms with Crippen molar-refractivity contribution in [1.29, 1.82) is 0 Å². The second kappa shape index (κ2) is 2.78. The number of aromatic nitrogens is 1. The van der Waals surface area contributed by atoms with E-state index in [1.807, 2.05) is 30.3 Å². The monoisotopic (exact) mass is 154 g/mol. The molecule has 2 rings (SSSR count). The summed E-state index contributed by atoms with van der Waals surface area (Å²) in [6, 6.07) is 10.9. The Morgan fingerprint density at radius 3 is 3.17 bits per heavy atom. The number of pyridine rings is 1. The lowest BCUT2D eigenvalue weighted by molar-refractivity contribution is 1.40. The van der Waals surface area contributed by atoms with Gasteiger partial charge in [0, 0.05) is 17.6 Å². The normalized spacial score (nSPS) is 10.0. The van der Waals surface area contributed by atoms with Crippen LogP contribution in [0.1, 0.15) is 5.56 Å². The van der Waals surface area contributed by atoms with Gasteiger partial charge in [-0.3, -0.25) is 4.98 Å². The predicted molar refractivity (Wildman–Crippen MR) is 50.7 cm³/mol. The molecule has 57 valence electrons. The molecule has 12 heavy (non-hydrogen) atoms. The van der Waals surface area contributed by atoms with Crippen molar-refractivity contribution < 1.29 is 0 Å².